The molecule has 1 unspecified atom stereocenters. The monoisotopic (exact) mass is 389 g/mol. The van der Waals surface area contributed by atoms with E-state index in [0.29, 0.717) is 35.9 Å². The molecule has 1 aromatic carbocycles. The molecule has 1 aromatic rings. The van der Waals surface area contributed by atoms with Crippen LogP contribution in [0.3, 0.4) is 0 Å². The van der Waals surface area contributed by atoms with Gasteiger partial charge in [-0.05, 0) is 26.0 Å². The summed E-state index contributed by atoms with van der Waals surface area (Å²) in [4.78, 5) is 12.5. The van der Waals surface area contributed by atoms with Gasteiger partial charge in [0, 0.05) is 17.7 Å². The Balaban J connectivity index is 1.88. The fraction of sp³-hybridized carbons (Fsp3) is 0.400. The maximum atomic E-state index is 12.5. The van der Waals surface area contributed by atoms with Crippen molar-refractivity contribution >= 4 is 39.3 Å². The molecule has 0 saturated heterocycles. The van der Waals surface area contributed by atoms with Crippen molar-refractivity contribution < 1.29 is 22.7 Å². The van der Waals surface area contributed by atoms with Crippen LogP contribution in [0.5, 0.6) is 5.75 Å². The van der Waals surface area contributed by atoms with Gasteiger partial charge in [0.15, 0.2) is 0 Å². The van der Waals surface area contributed by atoms with Crippen molar-refractivity contribution in [2.75, 3.05) is 12.4 Å². The highest BCUT2D eigenvalue weighted by Crippen LogP contribution is 2.38. The molecule has 9 heteroatoms. The summed E-state index contributed by atoms with van der Waals surface area (Å²) in [6.07, 6.45) is 0.508. The molecule has 0 radical (unpaired) electrons. The minimum atomic E-state index is -4.04. The minimum Gasteiger partial charge on any atom is -0.496 e. The third-order valence-electron chi connectivity index (χ3n) is 3.63. The number of rotatable bonds is 3. The van der Waals surface area contributed by atoms with Crippen molar-refractivity contribution in [2.45, 2.75) is 31.3 Å². The fourth-order valence-electron chi connectivity index (χ4n) is 2.57. The first-order chi connectivity index (χ1) is 11.3. The lowest BCUT2D eigenvalue weighted by Crippen LogP contribution is -2.32. The molecule has 130 valence electrons. The lowest BCUT2D eigenvalue weighted by Gasteiger charge is -2.18. The topological polar surface area (TPSA) is 81.7 Å². The maximum absolute atomic E-state index is 12.5. The Morgan fingerprint density at radius 2 is 2.17 bits per heavy atom. The van der Waals surface area contributed by atoms with Gasteiger partial charge in [0.05, 0.1) is 16.5 Å². The van der Waals surface area contributed by atoms with E-state index in [9.17, 15) is 13.2 Å². The lowest BCUT2D eigenvalue weighted by molar-refractivity contribution is -0.115. The minimum absolute atomic E-state index is 0.0581. The molecular formula is C15H16ClNO5S2. The van der Waals surface area contributed by atoms with E-state index in [-0.39, 0.29) is 20.9 Å². The molecule has 1 amide bonds. The highest BCUT2D eigenvalue weighted by molar-refractivity contribution is 8.04. The van der Waals surface area contributed by atoms with E-state index in [1.807, 2.05) is 6.92 Å². The van der Waals surface area contributed by atoms with E-state index in [2.05, 4.69) is 4.72 Å². The van der Waals surface area contributed by atoms with Crippen LogP contribution in [0, 0.1) is 0 Å². The van der Waals surface area contributed by atoms with Crippen LogP contribution in [0.15, 0.2) is 27.7 Å². The van der Waals surface area contributed by atoms with E-state index >= 15 is 0 Å². The number of halogens is 1. The van der Waals surface area contributed by atoms with Gasteiger partial charge in [-0.25, -0.2) is 13.1 Å². The number of carbonyl (C=O) groups is 1. The van der Waals surface area contributed by atoms with Gasteiger partial charge >= 0.3 is 0 Å². The Kier molecular flexibility index (Phi) is 4.72. The van der Waals surface area contributed by atoms with Gasteiger partial charge in [-0.2, -0.15) is 0 Å². The molecule has 3 rings (SSSR count). The molecule has 1 atom stereocenters. The van der Waals surface area contributed by atoms with Gasteiger partial charge in [0.1, 0.15) is 22.5 Å². The molecule has 2 aliphatic rings. The van der Waals surface area contributed by atoms with Crippen LogP contribution in [-0.4, -0.2) is 32.8 Å². The zero-order valence-corrected chi connectivity index (χ0v) is 15.5. The van der Waals surface area contributed by atoms with E-state index in [4.69, 9.17) is 21.1 Å². The van der Waals surface area contributed by atoms with Crippen molar-refractivity contribution in [1.29, 1.82) is 0 Å². The summed E-state index contributed by atoms with van der Waals surface area (Å²) in [5, 5.41) is 0.218. The standard InChI is InChI=1S/C15H16ClNO5S2/c1-8-5-10-6-11(7-12(16)13(10)22-8)24(19,20)17-15(18)14-9(2)21-3-4-23-14/h6-8H,3-5H2,1-2H3,(H,17,18). The number of hydrogen-bond acceptors (Lipinski definition) is 6. The molecular weight excluding hydrogens is 374 g/mol. The van der Waals surface area contributed by atoms with E-state index < -0.39 is 15.9 Å². The summed E-state index contributed by atoms with van der Waals surface area (Å²) in [6, 6.07) is 2.78. The number of ether oxygens (including phenoxy) is 2. The number of nitrogens with one attached hydrogen (secondary N) is 1. The SMILES string of the molecule is CC1=C(C(=O)NS(=O)(=O)c2cc(Cl)c3c(c2)CC(C)O3)SCCO1. The average molecular weight is 390 g/mol. The quantitative estimate of drug-likeness (QED) is 0.855. The summed E-state index contributed by atoms with van der Waals surface area (Å²) >= 11 is 7.39. The van der Waals surface area contributed by atoms with E-state index in [0.717, 1.165) is 0 Å². The third-order valence-corrected chi connectivity index (χ3v) is 6.36. The third kappa shape index (κ3) is 3.36. The summed E-state index contributed by atoms with van der Waals surface area (Å²) < 4.78 is 38.0. The van der Waals surface area contributed by atoms with Crippen LogP contribution in [0.4, 0.5) is 0 Å². The van der Waals surface area contributed by atoms with E-state index in [1.54, 1.807) is 6.92 Å². The van der Waals surface area contributed by atoms with Crippen LogP contribution in [-0.2, 0) is 26.0 Å². The molecule has 0 spiro atoms. The molecule has 1 N–H and O–H groups in total. The van der Waals surface area contributed by atoms with Gasteiger partial charge in [0.2, 0.25) is 0 Å². The number of thioether (sulfide) groups is 1. The molecule has 24 heavy (non-hydrogen) atoms. The number of hydrogen-bond donors (Lipinski definition) is 1. The van der Waals surface area contributed by atoms with Gasteiger partial charge in [0.25, 0.3) is 15.9 Å². The molecule has 2 heterocycles. The highest BCUT2D eigenvalue weighted by Gasteiger charge is 2.28. The largest absolute Gasteiger partial charge is 0.496 e. The van der Waals surface area contributed by atoms with Gasteiger partial charge < -0.3 is 9.47 Å². The van der Waals surface area contributed by atoms with Crippen LogP contribution in [0.1, 0.15) is 19.4 Å². The van der Waals surface area contributed by atoms with Crippen LogP contribution in [0.25, 0.3) is 0 Å². The second kappa shape index (κ2) is 6.50. The lowest BCUT2D eigenvalue weighted by atomic mass is 10.1. The average Bonchev–Trinajstić information content (AvgIpc) is 2.88. The molecule has 0 saturated carbocycles. The van der Waals surface area contributed by atoms with Gasteiger partial charge in [-0.15, -0.1) is 11.8 Å². The molecule has 0 aromatic heterocycles. The van der Waals surface area contributed by atoms with Crippen molar-refractivity contribution in [3.63, 3.8) is 0 Å². The summed E-state index contributed by atoms with van der Waals surface area (Å²) in [7, 11) is -4.04. The predicted octanol–water partition coefficient (Wildman–Crippen LogP) is 2.46. The summed E-state index contributed by atoms with van der Waals surface area (Å²) in [6.45, 7) is 4.01. The highest BCUT2D eigenvalue weighted by atomic mass is 35.5. The Hall–Kier alpha value is -1.38. The van der Waals surface area contributed by atoms with Crippen molar-refractivity contribution in [2.24, 2.45) is 0 Å². The number of allylic oxidation sites excluding steroid dienone is 1. The smallest absolute Gasteiger partial charge is 0.274 e. The second-order valence-corrected chi connectivity index (χ2v) is 8.74. The van der Waals surface area contributed by atoms with Crippen molar-refractivity contribution in [1.82, 2.24) is 4.72 Å². The van der Waals surface area contributed by atoms with Crippen molar-refractivity contribution in [3.8, 4) is 5.75 Å². The van der Waals surface area contributed by atoms with Gasteiger partial charge in [-0.1, -0.05) is 11.6 Å². The van der Waals surface area contributed by atoms with Crippen LogP contribution in [0.2, 0.25) is 5.02 Å². The van der Waals surface area contributed by atoms with Crippen LogP contribution >= 0.6 is 23.4 Å². The Morgan fingerprint density at radius 1 is 1.42 bits per heavy atom. The number of benzene rings is 1. The number of amides is 1. The Morgan fingerprint density at radius 3 is 2.88 bits per heavy atom. The summed E-state index contributed by atoms with van der Waals surface area (Å²) in [5.74, 6) is 0.830. The van der Waals surface area contributed by atoms with Crippen LogP contribution < -0.4 is 9.46 Å². The summed E-state index contributed by atoms with van der Waals surface area (Å²) in [5.41, 5.74) is 0.716. The second-order valence-electron chi connectivity index (χ2n) is 5.54. The van der Waals surface area contributed by atoms with Gasteiger partial charge in [-0.3, -0.25) is 4.79 Å². The first-order valence-corrected chi connectivity index (χ1v) is 10.2. The normalized spacial score (nSPS) is 20.2. The van der Waals surface area contributed by atoms with E-state index in [1.165, 1.54) is 23.9 Å². The predicted molar refractivity (Wildman–Crippen MR) is 91.7 cm³/mol. The zero-order valence-electron chi connectivity index (χ0n) is 13.1. The number of carbonyl (C=O) groups excluding carboxylic acids is 1. The first-order valence-electron chi connectivity index (χ1n) is 7.30. The Labute approximate surface area is 149 Å². The zero-order chi connectivity index (χ0) is 17.5. The molecule has 0 fully saturated rings. The van der Waals surface area contributed by atoms with Crippen molar-refractivity contribution in [3.05, 3.63) is 33.4 Å². The number of fused-ring (bicyclic) bond motifs is 1. The molecule has 6 nitrogen and oxygen atoms in total. The number of sulfonamides is 1. The first kappa shape index (κ1) is 17.4. The molecule has 0 aliphatic carbocycles. The molecule has 2 aliphatic heterocycles. The fourth-order valence-corrected chi connectivity index (χ4v) is 4.83. The maximum Gasteiger partial charge on any atom is 0.274 e. The Bertz CT molecular complexity index is 835. The molecule has 0 bridgehead atoms.